The summed E-state index contributed by atoms with van der Waals surface area (Å²) in [6.07, 6.45) is 1.07. The molecule has 0 aromatic rings. The van der Waals surface area contributed by atoms with E-state index in [4.69, 9.17) is 10.5 Å². The topological polar surface area (TPSA) is 64.3 Å². The van der Waals surface area contributed by atoms with Gasteiger partial charge in [-0.1, -0.05) is 0 Å². The second kappa shape index (κ2) is 4.31. The van der Waals surface area contributed by atoms with Crippen molar-refractivity contribution >= 4 is 17.7 Å². The maximum atomic E-state index is 12.1. The van der Waals surface area contributed by atoms with Gasteiger partial charge in [-0.25, -0.2) is 0 Å². The second-order valence-electron chi connectivity index (χ2n) is 4.57. The summed E-state index contributed by atoms with van der Waals surface area (Å²) in [5.41, 5.74) is 5.36. The van der Waals surface area contributed by atoms with Gasteiger partial charge in [0.1, 0.15) is 0 Å². The average molecular weight is 230 g/mol. The first-order valence-corrected chi connectivity index (χ1v) is 6.50. The molecular formula is C10H18N2O2S. The average Bonchev–Trinajstić information content (AvgIpc) is 2.79. The Morgan fingerprint density at radius 1 is 1.67 bits per heavy atom. The lowest BCUT2D eigenvalue weighted by atomic mass is 9.84. The van der Waals surface area contributed by atoms with Gasteiger partial charge in [0.15, 0.2) is 0 Å². The van der Waals surface area contributed by atoms with Gasteiger partial charge in [-0.3, -0.25) is 4.79 Å². The van der Waals surface area contributed by atoms with E-state index in [0.29, 0.717) is 19.3 Å². The Hall–Kier alpha value is -0.260. The molecule has 0 spiro atoms. The Kier molecular flexibility index (Phi) is 3.23. The third-order valence-electron chi connectivity index (χ3n) is 3.30. The number of carbonyl (C=O) groups is 1. The molecular weight excluding hydrogens is 212 g/mol. The first kappa shape index (κ1) is 11.2. The van der Waals surface area contributed by atoms with Gasteiger partial charge < -0.3 is 15.8 Å². The fraction of sp³-hybridized carbons (Fsp3) is 0.900. The van der Waals surface area contributed by atoms with Gasteiger partial charge >= 0.3 is 0 Å². The summed E-state index contributed by atoms with van der Waals surface area (Å²) in [6.45, 7) is 2.82. The highest BCUT2D eigenvalue weighted by Gasteiger charge is 2.44. The van der Waals surface area contributed by atoms with Gasteiger partial charge in [-0.05, 0) is 19.1 Å². The number of hydrogen-bond donors (Lipinski definition) is 2. The molecule has 5 heteroatoms. The summed E-state index contributed by atoms with van der Waals surface area (Å²) in [6, 6.07) is 0.152. The molecule has 15 heavy (non-hydrogen) atoms. The van der Waals surface area contributed by atoms with Crippen LogP contribution in [0.4, 0.5) is 0 Å². The number of thioether (sulfide) groups is 1. The van der Waals surface area contributed by atoms with Crippen LogP contribution in [0, 0.1) is 5.41 Å². The van der Waals surface area contributed by atoms with Crippen molar-refractivity contribution < 1.29 is 9.53 Å². The van der Waals surface area contributed by atoms with Crippen molar-refractivity contribution in [2.75, 3.05) is 24.7 Å². The minimum atomic E-state index is -0.534. The predicted molar refractivity (Wildman–Crippen MR) is 60.8 cm³/mol. The fourth-order valence-corrected chi connectivity index (χ4v) is 3.07. The van der Waals surface area contributed by atoms with Crippen molar-refractivity contribution in [3.05, 3.63) is 0 Å². The van der Waals surface area contributed by atoms with Gasteiger partial charge in [-0.2, -0.15) is 11.8 Å². The molecule has 0 bridgehead atoms. The van der Waals surface area contributed by atoms with Gasteiger partial charge in [0.05, 0.1) is 18.6 Å². The first-order chi connectivity index (χ1) is 7.13. The molecule has 86 valence electrons. The van der Waals surface area contributed by atoms with E-state index in [-0.39, 0.29) is 11.9 Å². The maximum Gasteiger partial charge on any atom is 0.230 e. The summed E-state index contributed by atoms with van der Waals surface area (Å²) in [4.78, 5) is 12.1. The Labute approximate surface area is 94.3 Å². The van der Waals surface area contributed by atoms with Crippen LogP contribution in [0.5, 0.6) is 0 Å². The van der Waals surface area contributed by atoms with E-state index in [2.05, 4.69) is 5.32 Å². The molecule has 3 unspecified atom stereocenters. The number of rotatable bonds is 2. The number of carbonyl (C=O) groups excluding carboxylic acids is 1. The largest absolute Gasteiger partial charge is 0.379 e. The highest BCUT2D eigenvalue weighted by Crippen LogP contribution is 2.28. The summed E-state index contributed by atoms with van der Waals surface area (Å²) < 4.78 is 5.27. The predicted octanol–water partition coefficient (Wildman–Crippen LogP) is -0.0281. The summed E-state index contributed by atoms with van der Waals surface area (Å²) in [7, 11) is 0. The SMILES string of the molecule is CC1(C(=O)NC2CCSC2)COCC1N. The molecule has 0 aromatic heterocycles. The number of hydrogen-bond acceptors (Lipinski definition) is 4. The highest BCUT2D eigenvalue weighted by molar-refractivity contribution is 7.99. The normalized spacial score (nSPS) is 40.7. The number of ether oxygens (including phenoxy) is 1. The van der Waals surface area contributed by atoms with Gasteiger partial charge in [-0.15, -0.1) is 0 Å². The third kappa shape index (κ3) is 2.14. The van der Waals surface area contributed by atoms with Crippen LogP contribution in [0.15, 0.2) is 0 Å². The Morgan fingerprint density at radius 3 is 3.00 bits per heavy atom. The van der Waals surface area contributed by atoms with Crippen molar-refractivity contribution in [1.82, 2.24) is 5.32 Å². The van der Waals surface area contributed by atoms with Crippen LogP contribution in [-0.2, 0) is 9.53 Å². The van der Waals surface area contributed by atoms with E-state index in [1.54, 1.807) is 0 Å². The molecule has 3 N–H and O–H groups in total. The zero-order chi connectivity index (χ0) is 10.9. The molecule has 1 amide bonds. The fourth-order valence-electron chi connectivity index (χ4n) is 1.92. The van der Waals surface area contributed by atoms with E-state index >= 15 is 0 Å². The molecule has 2 fully saturated rings. The lowest BCUT2D eigenvalue weighted by Gasteiger charge is -2.27. The van der Waals surface area contributed by atoms with E-state index in [1.165, 1.54) is 0 Å². The Bertz CT molecular complexity index is 256. The smallest absolute Gasteiger partial charge is 0.230 e. The third-order valence-corrected chi connectivity index (χ3v) is 4.46. The van der Waals surface area contributed by atoms with Crippen LogP contribution in [0.3, 0.4) is 0 Å². The molecule has 4 nitrogen and oxygen atoms in total. The first-order valence-electron chi connectivity index (χ1n) is 5.35. The molecule has 0 saturated carbocycles. The maximum absolute atomic E-state index is 12.1. The number of nitrogens with one attached hydrogen (secondary N) is 1. The van der Waals surface area contributed by atoms with Crippen LogP contribution in [0.1, 0.15) is 13.3 Å². The van der Waals surface area contributed by atoms with Crippen molar-refractivity contribution in [2.24, 2.45) is 11.1 Å². The molecule has 2 aliphatic heterocycles. The summed E-state index contributed by atoms with van der Waals surface area (Å²) in [5, 5.41) is 3.07. The minimum absolute atomic E-state index is 0.0556. The van der Waals surface area contributed by atoms with Crippen molar-refractivity contribution in [3.63, 3.8) is 0 Å². The highest BCUT2D eigenvalue weighted by atomic mass is 32.2. The standard InChI is InChI=1S/C10H18N2O2S/c1-10(6-14-4-8(10)11)9(13)12-7-2-3-15-5-7/h7-8H,2-6,11H2,1H3,(H,12,13). The van der Waals surface area contributed by atoms with Crippen LogP contribution >= 0.6 is 11.8 Å². The van der Waals surface area contributed by atoms with Crippen LogP contribution < -0.4 is 11.1 Å². The number of nitrogens with two attached hydrogens (primary N) is 1. The van der Waals surface area contributed by atoms with Crippen LogP contribution in [-0.4, -0.2) is 42.7 Å². The molecule has 2 aliphatic rings. The molecule has 0 aromatic carbocycles. The molecule has 2 saturated heterocycles. The van der Waals surface area contributed by atoms with E-state index < -0.39 is 5.41 Å². The second-order valence-corrected chi connectivity index (χ2v) is 5.72. The lowest BCUT2D eigenvalue weighted by Crippen LogP contribution is -2.52. The minimum Gasteiger partial charge on any atom is -0.379 e. The van der Waals surface area contributed by atoms with Gasteiger partial charge in [0, 0.05) is 17.8 Å². The van der Waals surface area contributed by atoms with Crippen LogP contribution in [0.25, 0.3) is 0 Å². The molecule has 3 atom stereocenters. The quantitative estimate of drug-likeness (QED) is 0.699. The van der Waals surface area contributed by atoms with Gasteiger partial charge in [0.2, 0.25) is 5.91 Å². The Balaban J connectivity index is 1.94. The van der Waals surface area contributed by atoms with Gasteiger partial charge in [0.25, 0.3) is 0 Å². The molecule has 2 rings (SSSR count). The molecule has 2 heterocycles. The lowest BCUT2D eigenvalue weighted by molar-refractivity contribution is -0.131. The van der Waals surface area contributed by atoms with Crippen molar-refractivity contribution in [2.45, 2.75) is 25.4 Å². The molecule has 0 radical (unpaired) electrons. The van der Waals surface area contributed by atoms with E-state index in [1.807, 2.05) is 18.7 Å². The van der Waals surface area contributed by atoms with E-state index in [9.17, 15) is 4.79 Å². The summed E-state index contributed by atoms with van der Waals surface area (Å²) in [5.74, 6) is 2.22. The molecule has 0 aliphatic carbocycles. The zero-order valence-corrected chi connectivity index (χ0v) is 9.81. The monoisotopic (exact) mass is 230 g/mol. The Morgan fingerprint density at radius 2 is 2.47 bits per heavy atom. The summed E-state index contributed by atoms with van der Waals surface area (Å²) >= 11 is 1.89. The van der Waals surface area contributed by atoms with Crippen molar-refractivity contribution in [1.29, 1.82) is 0 Å². The van der Waals surface area contributed by atoms with E-state index in [0.717, 1.165) is 17.9 Å². The van der Waals surface area contributed by atoms with Crippen molar-refractivity contribution in [3.8, 4) is 0 Å². The number of amides is 1. The van der Waals surface area contributed by atoms with Crippen LogP contribution in [0.2, 0.25) is 0 Å². The zero-order valence-electron chi connectivity index (χ0n) is 8.99.